The Kier molecular flexibility index (Phi) is 4.66. The second kappa shape index (κ2) is 6.07. The molecule has 0 saturated heterocycles. The molecule has 19 heavy (non-hydrogen) atoms. The molecule has 0 bridgehead atoms. The summed E-state index contributed by atoms with van der Waals surface area (Å²) < 4.78 is 0.829. The second-order valence-corrected chi connectivity index (χ2v) is 6.58. The maximum Gasteiger partial charge on any atom is 0.265 e. The van der Waals surface area contributed by atoms with Gasteiger partial charge in [0.05, 0.1) is 10.6 Å². The van der Waals surface area contributed by atoms with Gasteiger partial charge in [-0.25, -0.2) is 0 Å². The molecule has 2 rings (SSSR count). The average molecular weight is 359 g/mol. The van der Waals surface area contributed by atoms with E-state index in [1.54, 1.807) is 6.07 Å². The van der Waals surface area contributed by atoms with Crippen LogP contribution in [0.2, 0.25) is 5.02 Å². The third-order valence-electron chi connectivity index (χ3n) is 2.73. The fourth-order valence-corrected chi connectivity index (χ4v) is 3.18. The Balaban J connectivity index is 2.21. The summed E-state index contributed by atoms with van der Waals surface area (Å²) in [4.78, 5) is 14.0. The third-order valence-corrected chi connectivity index (χ3v) is 5.02. The number of nitrogens with one attached hydrogen (secondary N) is 1. The molecule has 1 aromatic carbocycles. The zero-order valence-electron chi connectivity index (χ0n) is 10.6. The van der Waals surface area contributed by atoms with Crippen LogP contribution in [0.5, 0.6) is 0 Å². The predicted molar refractivity (Wildman–Crippen MR) is 85.5 cm³/mol. The van der Waals surface area contributed by atoms with Gasteiger partial charge in [-0.1, -0.05) is 18.5 Å². The number of carbonyl (C=O) groups is 1. The Morgan fingerprint density at radius 3 is 2.79 bits per heavy atom. The lowest BCUT2D eigenvalue weighted by Crippen LogP contribution is -2.10. The highest BCUT2D eigenvalue weighted by molar-refractivity contribution is 9.10. The van der Waals surface area contributed by atoms with Crippen LogP contribution in [-0.4, -0.2) is 5.91 Å². The van der Waals surface area contributed by atoms with E-state index >= 15 is 0 Å². The van der Waals surface area contributed by atoms with Crippen molar-refractivity contribution in [3.8, 4) is 0 Å². The number of amides is 1. The molecule has 1 N–H and O–H groups in total. The van der Waals surface area contributed by atoms with Gasteiger partial charge in [-0.3, -0.25) is 4.79 Å². The molecule has 0 spiro atoms. The third kappa shape index (κ3) is 3.38. The molecule has 2 nitrogen and oxygen atoms in total. The summed E-state index contributed by atoms with van der Waals surface area (Å²) in [5, 5.41) is 3.51. The molecule has 2 aromatic rings. The smallest absolute Gasteiger partial charge is 0.265 e. The Bertz CT molecular complexity index is 624. The number of thiophene rings is 1. The van der Waals surface area contributed by atoms with Crippen molar-refractivity contribution < 1.29 is 4.79 Å². The zero-order chi connectivity index (χ0) is 14.0. The molecule has 0 aliphatic carbocycles. The van der Waals surface area contributed by atoms with Crippen LogP contribution in [0.1, 0.15) is 27.0 Å². The Morgan fingerprint density at radius 1 is 1.42 bits per heavy atom. The van der Waals surface area contributed by atoms with Gasteiger partial charge in [-0.15, -0.1) is 11.3 Å². The van der Waals surface area contributed by atoms with Crippen LogP contribution in [0, 0.1) is 6.92 Å². The first-order valence-electron chi connectivity index (χ1n) is 5.87. The van der Waals surface area contributed by atoms with Gasteiger partial charge < -0.3 is 5.32 Å². The summed E-state index contributed by atoms with van der Waals surface area (Å²) in [6.07, 6.45) is 0.942. The van der Waals surface area contributed by atoms with Gasteiger partial charge in [-0.05, 0) is 59.1 Å². The highest BCUT2D eigenvalue weighted by atomic mass is 79.9. The number of hydrogen-bond donors (Lipinski definition) is 1. The zero-order valence-corrected chi connectivity index (χ0v) is 13.7. The number of aryl methyl sites for hydroxylation is 2. The van der Waals surface area contributed by atoms with Gasteiger partial charge >= 0.3 is 0 Å². The lowest BCUT2D eigenvalue weighted by molar-refractivity contribution is 0.103. The van der Waals surface area contributed by atoms with E-state index in [0.717, 1.165) is 16.5 Å². The van der Waals surface area contributed by atoms with E-state index in [-0.39, 0.29) is 5.91 Å². The van der Waals surface area contributed by atoms with Gasteiger partial charge in [0.25, 0.3) is 5.91 Å². The van der Waals surface area contributed by atoms with Crippen LogP contribution in [0.25, 0.3) is 0 Å². The fourth-order valence-electron chi connectivity index (χ4n) is 1.62. The molecule has 0 aliphatic heterocycles. The van der Waals surface area contributed by atoms with E-state index in [4.69, 9.17) is 11.6 Å². The topological polar surface area (TPSA) is 29.1 Å². The normalized spacial score (nSPS) is 10.5. The molecule has 0 radical (unpaired) electrons. The highest BCUT2D eigenvalue weighted by Gasteiger charge is 2.12. The molecule has 0 saturated carbocycles. The quantitative estimate of drug-likeness (QED) is 0.794. The monoisotopic (exact) mass is 357 g/mol. The number of hydrogen-bond acceptors (Lipinski definition) is 2. The summed E-state index contributed by atoms with van der Waals surface area (Å²) in [5.41, 5.74) is 1.66. The summed E-state index contributed by atoms with van der Waals surface area (Å²) >= 11 is 11.0. The minimum Gasteiger partial charge on any atom is -0.320 e. The lowest BCUT2D eigenvalue weighted by atomic mass is 10.2. The van der Waals surface area contributed by atoms with E-state index in [1.165, 1.54) is 16.2 Å². The number of anilines is 1. The maximum absolute atomic E-state index is 12.1. The number of rotatable bonds is 3. The molecular formula is C14H13BrClNOS. The number of benzene rings is 1. The van der Waals surface area contributed by atoms with Crippen molar-refractivity contribution in [2.24, 2.45) is 0 Å². The molecule has 0 atom stereocenters. The molecule has 0 unspecified atom stereocenters. The minimum absolute atomic E-state index is 0.106. The fraction of sp³-hybridized carbons (Fsp3) is 0.214. The molecule has 0 fully saturated rings. The van der Waals surface area contributed by atoms with Gasteiger partial charge in [0.1, 0.15) is 0 Å². The standard InChI is InChI=1S/C14H13BrClNOS/c1-3-9-4-5-13(19-9)14(18)17-12-7-11(16)8(2)6-10(12)15/h4-7H,3H2,1-2H3,(H,17,18). The van der Waals surface area contributed by atoms with Crippen molar-refractivity contribution in [2.45, 2.75) is 20.3 Å². The molecule has 1 amide bonds. The van der Waals surface area contributed by atoms with E-state index in [2.05, 4.69) is 28.2 Å². The van der Waals surface area contributed by atoms with Crippen LogP contribution in [-0.2, 0) is 6.42 Å². The molecular weight excluding hydrogens is 346 g/mol. The predicted octanol–water partition coefficient (Wildman–Crippen LogP) is 5.29. The van der Waals surface area contributed by atoms with Crippen molar-refractivity contribution in [3.05, 3.63) is 49.1 Å². The molecule has 100 valence electrons. The van der Waals surface area contributed by atoms with Crippen LogP contribution in [0.4, 0.5) is 5.69 Å². The van der Waals surface area contributed by atoms with Crippen molar-refractivity contribution in [1.29, 1.82) is 0 Å². The number of halogens is 2. The summed E-state index contributed by atoms with van der Waals surface area (Å²) in [6, 6.07) is 7.48. The van der Waals surface area contributed by atoms with Gasteiger partial charge in [-0.2, -0.15) is 0 Å². The Labute approximate surface area is 129 Å². The molecule has 1 heterocycles. The van der Waals surface area contributed by atoms with Crippen molar-refractivity contribution >= 4 is 50.5 Å². The lowest BCUT2D eigenvalue weighted by Gasteiger charge is -2.08. The average Bonchev–Trinajstić information content (AvgIpc) is 2.84. The highest BCUT2D eigenvalue weighted by Crippen LogP contribution is 2.30. The van der Waals surface area contributed by atoms with Crippen LogP contribution >= 0.6 is 38.9 Å². The first kappa shape index (κ1) is 14.6. The Morgan fingerprint density at radius 2 is 2.16 bits per heavy atom. The van der Waals surface area contributed by atoms with E-state index < -0.39 is 0 Å². The first-order valence-corrected chi connectivity index (χ1v) is 7.85. The van der Waals surface area contributed by atoms with Gasteiger partial charge in [0.15, 0.2) is 0 Å². The van der Waals surface area contributed by atoms with E-state index in [1.807, 2.05) is 25.1 Å². The largest absolute Gasteiger partial charge is 0.320 e. The second-order valence-electron chi connectivity index (χ2n) is 4.15. The van der Waals surface area contributed by atoms with Crippen molar-refractivity contribution in [2.75, 3.05) is 5.32 Å². The van der Waals surface area contributed by atoms with E-state index in [0.29, 0.717) is 15.6 Å². The minimum atomic E-state index is -0.106. The summed E-state index contributed by atoms with van der Waals surface area (Å²) in [6.45, 7) is 4.00. The van der Waals surface area contributed by atoms with Gasteiger partial charge in [0, 0.05) is 14.4 Å². The van der Waals surface area contributed by atoms with Crippen molar-refractivity contribution in [1.82, 2.24) is 0 Å². The maximum atomic E-state index is 12.1. The molecule has 5 heteroatoms. The number of carbonyl (C=O) groups excluding carboxylic acids is 1. The van der Waals surface area contributed by atoms with Crippen LogP contribution in [0.3, 0.4) is 0 Å². The summed E-state index contributed by atoms with van der Waals surface area (Å²) in [5.74, 6) is -0.106. The Hall–Kier alpha value is -0.840. The van der Waals surface area contributed by atoms with E-state index in [9.17, 15) is 4.79 Å². The molecule has 1 aromatic heterocycles. The van der Waals surface area contributed by atoms with Crippen molar-refractivity contribution in [3.63, 3.8) is 0 Å². The van der Waals surface area contributed by atoms with Gasteiger partial charge in [0.2, 0.25) is 0 Å². The SMILES string of the molecule is CCc1ccc(C(=O)Nc2cc(Cl)c(C)cc2Br)s1. The van der Waals surface area contributed by atoms with Crippen LogP contribution < -0.4 is 5.32 Å². The first-order chi connectivity index (χ1) is 9.01. The summed E-state index contributed by atoms with van der Waals surface area (Å²) in [7, 11) is 0. The molecule has 0 aliphatic rings. The van der Waals surface area contributed by atoms with Crippen LogP contribution in [0.15, 0.2) is 28.7 Å².